The van der Waals surface area contributed by atoms with E-state index >= 15 is 0 Å². The van der Waals surface area contributed by atoms with Gasteiger partial charge in [-0.05, 0) is 24.3 Å². The molecule has 0 fully saturated rings. The third-order valence-corrected chi connectivity index (χ3v) is 3.06. The number of rotatable bonds is 5. The first-order chi connectivity index (χ1) is 9.85. The van der Waals surface area contributed by atoms with Crippen LogP contribution in [0, 0.1) is 0 Å². The standard InChI is InChI=1S/C16H16N2O2/c1-19-11-15-7-6-14(20-15)10-17-13-8-12-4-2-3-5-16(12)18-9-13/h2-9,17H,10-11H2,1H3. The zero-order valence-corrected chi connectivity index (χ0v) is 11.3. The lowest BCUT2D eigenvalue weighted by Gasteiger charge is -2.05. The Kier molecular flexibility index (Phi) is 3.65. The number of fused-ring (bicyclic) bond motifs is 1. The summed E-state index contributed by atoms with van der Waals surface area (Å²) in [4.78, 5) is 4.41. The molecule has 0 aliphatic carbocycles. The first-order valence-corrected chi connectivity index (χ1v) is 6.50. The minimum Gasteiger partial charge on any atom is -0.462 e. The van der Waals surface area contributed by atoms with Crippen LogP contribution in [0.25, 0.3) is 10.9 Å². The van der Waals surface area contributed by atoms with Crippen LogP contribution in [0.4, 0.5) is 5.69 Å². The van der Waals surface area contributed by atoms with Crippen LogP contribution in [0.5, 0.6) is 0 Å². The number of anilines is 1. The minimum atomic E-state index is 0.498. The Hall–Kier alpha value is -2.33. The molecule has 1 aromatic carbocycles. The number of ether oxygens (including phenoxy) is 1. The Bertz CT molecular complexity index is 706. The van der Waals surface area contributed by atoms with Crippen molar-refractivity contribution in [1.82, 2.24) is 4.98 Å². The van der Waals surface area contributed by atoms with Crippen molar-refractivity contribution in [1.29, 1.82) is 0 Å². The van der Waals surface area contributed by atoms with Gasteiger partial charge in [0.25, 0.3) is 0 Å². The first kappa shape index (κ1) is 12.7. The normalized spacial score (nSPS) is 10.8. The maximum Gasteiger partial charge on any atom is 0.129 e. The molecule has 0 saturated heterocycles. The number of methoxy groups -OCH3 is 1. The fourth-order valence-electron chi connectivity index (χ4n) is 2.09. The lowest BCUT2D eigenvalue weighted by atomic mass is 10.2. The van der Waals surface area contributed by atoms with E-state index in [-0.39, 0.29) is 0 Å². The van der Waals surface area contributed by atoms with E-state index in [1.165, 1.54) is 0 Å². The van der Waals surface area contributed by atoms with Crippen LogP contribution in [0.15, 0.2) is 53.1 Å². The van der Waals surface area contributed by atoms with Crippen molar-refractivity contribution in [2.75, 3.05) is 12.4 Å². The van der Waals surface area contributed by atoms with E-state index in [1.54, 1.807) is 7.11 Å². The van der Waals surface area contributed by atoms with Gasteiger partial charge in [0.15, 0.2) is 0 Å². The first-order valence-electron chi connectivity index (χ1n) is 6.50. The molecule has 2 heterocycles. The van der Waals surface area contributed by atoms with Crippen molar-refractivity contribution < 1.29 is 9.15 Å². The summed E-state index contributed by atoms with van der Waals surface area (Å²) < 4.78 is 10.7. The van der Waals surface area contributed by atoms with Crippen LogP contribution in [0.3, 0.4) is 0 Å². The van der Waals surface area contributed by atoms with Gasteiger partial charge in [0, 0.05) is 12.5 Å². The minimum absolute atomic E-state index is 0.498. The Balaban J connectivity index is 1.69. The number of benzene rings is 1. The molecule has 20 heavy (non-hydrogen) atoms. The third kappa shape index (κ3) is 2.81. The van der Waals surface area contributed by atoms with E-state index in [4.69, 9.17) is 9.15 Å². The molecule has 1 N–H and O–H groups in total. The maximum atomic E-state index is 5.63. The number of furan rings is 1. The summed E-state index contributed by atoms with van der Waals surface area (Å²) in [5, 5.41) is 4.43. The maximum absolute atomic E-state index is 5.63. The number of nitrogens with one attached hydrogen (secondary N) is 1. The van der Waals surface area contributed by atoms with Gasteiger partial charge >= 0.3 is 0 Å². The quantitative estimate of drug-likeness (QED) is 0.768. The zero-order valence-electron chi connectivity index (χ0n) is 11.3. The molecule has 0 atom stereocenters. The molecule has 0 aliphatic heterocycles. The number of nitrogens with zero attached hydrogens (tertiary/aromatic N) is 1. The van der Waals surface area contributed by atoms with E-state index in [1.807, 2.05) is 36.5 Å². The van der Waals surface area contributed by atoms with E-state index in [0.717, 1.165) is 28.1 Å². The highest BCUT2D eigenvalue weighted by atomic mass is 16.5. The highest BCUT2D eigenvalue weighted by Gasteiger charge is 2.02. The number of hydrogen-bond donors (Lipinski definition) is 1. The van der Waals surface area contributed by atoms with Gasteiger partial charge in [-0.25, -0.2) is 0 Å². The molecule has 0 spiro atoms. The van der Waals surface area contributed by atoms with Gasteiger partial charge in [-0.2, -0.15) is 0 Å². The average molecular weight is 268 g/mol. The SMILES string of the molecule is COCc1ccc(CNc2cnc3ccccc3c2)o1. The van der Waals surface area contributed by atoms with E-state index in [9.17, 15) is 0 Å². The molecule has 102 valence electrons. The van der Waals surface area contributed by atoms with Crippen molar-refractivity contribution in [3.05, 3.63) is 60.2 Å². The van der Waals surface area contributed by atoms with Gasteiger partial charge in [-0.15, -0.1) is 0 Å². The molecular formula is C16H16N2O2. The molecule has 0 aliphatic rings. The highest BCUT2D eigenvalue weighted by molar-refractivity contribution is 5.81. The summed E-state index contributed by atoms with van der Waals surface area (Å²) in [6.07, 6.45) is 1.83. The molecule has 3 rings (SSSR count). The summed E-state index contributed by atoms with van der Waals surface area (Å²) in [6.45, 7) is 1.13. The van der Waals surface area contributed by atoms with E-state index in [2.05, 4.69) is 22.4 Å². The van der Waals surface area contributed by atoms with Crippen molar-refractivity contribution in [2.24, 2.45) is 0 Å². The predicted octanol–water partition coefficient (Wildman–Crippen LogP) is 3.59. The van der Waals surface area contributed by atoms with Crippen LogP contribution in [0.2, 0.25) is 0 Å². The largest absolute Gasteiger partial charge is 0.462 e. The molecule has 2 aromatic heterocycles. The smallest absolute Gasteiger partial charge is 0.129 e. The second kappa shape index (κ2) is 5.75. The van der Waals surface area contributed by atoms with Crippen LogP contribution in [-0.4, -0.2) is 12.1 Å². The van der Waals surface area contributed by atoms with Gasteiger partial charge in [0.05, 0.1) is 23.9 Å². The summed E-state index contributed by atoms with van der Waals surface area (Å²) in [6, 6.07) is 14.0. The molecule has 4 heteroatoms. The lowest BCUT2D eigenvalue weighted by molar-refractivity contribution is 0.163. The second-order valence-electron chi connectivity index (χ2n) is 4.57. The van der Waals surface area contributed by atoms with Crippen LogP contribution >= 0.6 is 0 Å². The van der Waals surface area contributed by atoms with Crippen molar-refractivity contribution in [3.63, 3.8) is 0 Å². The van der Waals surface area contributed by atoms with Gasteiger partial charge in [-0.3, -0.25) is 4.98 Å². The zero-order chi connectivity index (χ0) is 13.8. The van der Waals surface area contributed by atoms with Crippen LogP contribution in [-0.2, 0) is 17.9 Å². The Labute approximate surface area is 117 Å². The highest BCUT2D eigenvalue weighted by Crippen LogP contribution is 2.17. The van der Waals surface area contributed by atoms with Gasteiger partial charge < -0.3 is 14.5 Å². The van der Waals surface area contributed by atoms with Gasteiger partial charge in [-0.1, -0.05) is 18.2 Å². The van der Waals surface area contributed by atoms with E-state index in [0.29, 0.717) is 13.2 Å². The van der Waals surface area contributed by atoms with Gasteiger partial charge in [0.1, 0.15) is 18.1 Å². The summed E-state index contributed by atoms with van der Waals surface area (Å²) in [5.74, 6) is 1.71. The van der Waals surface area contributed by atoms with Crippen LogP contribution < -0.4 is 5.32 Å². The summed E-state index contributed by atoms with van der Waals surface area (Å²) in [5.41, 5.74) is 1.98. The molecule has 0 saturated carbocycles. The van der Waals surface area contributed by atoms with Gasteiger partial charge in [0.2, 0.25) is 0 Å². The number of para-hydroxylation sites is 1. The Morgan fingerprint density at radius 1 is 1.15 bits per heavy atom. The average Bonchev–Trinajstić information content (AvgIpc) is 2.93. The second-order valence-corrected chi connectivity index (χ2v) is 4.57. The predicted molar refractivity (Wildman–Crippen MR) is 78.5 cm³/mol. The van der Waals surface area contributed by atoms with Crippen molar-refractivity contribution in [3.8, 4) is 0 Å². The monoisotopic (exact) mass is 268 g/mol. The summed E-state index contributed by atoms with van der Waals surface area (Å²) in [7, 11) is 1.65. The summed E-state index contributed by atoms with van der Waals surface area (Å²) >= 11 is 0. The number of aromatic nitrogens is 1. The van der Waals surface area contributed by atoms with Crippen LogP contribution in [0.1, 0.15) is 11.5 Å². The lowest BCUT2D eigenvalue weighted by Crippen LogP contribution is -1.98. The topological polar surface area (TPSA) is 47.3 Å². The third-order valence-electron chi connectivity index (χ3n) is 3.06. The number of hydrogen-bond acceptors (Lipinski definition) is 4. The van der Waals surface area contributed by atoms with Crippen molar-refractivity contribution in [2.45, 2.75) is 13.2 Å². The Morgan fingerprint density at radius 3 is 2.90 bits per heavy atom. The molecule has 0 bridgehead atoms. The van der Waals surface area contributed by atoms with E-state index < -0.39 is 0 Å². The molecule has 0 amide bonds. The molecule has 0 radical (unpaired) electrons. The molecule has 0 unspecified atom stereocenters. The molecule has 3 aromatic rings. The Morgan fingerprint density at radius 2 is 2.00 bits per heavy atom. The fraction of sp³-hybridized carbons (Fsp3) is 0.188. The fourth-order valence-corrected chi connectivity index (χ4v) is 2.09. The molecule has 4 nitrogen and oxygen atoms in total. The van der Waals surface area contributed by atoms with Crippen molar-refractivity contribution >= 4 is 16.6 Å². The molecular weight excluding hydrogens is 252 g/mol. The number of pyridine rings is 1.